The van der Waals surface area contributed by atoms with Crippen molar-refractivity contribution in [1.29, 1.82) is 0 Å². The fourth-order valence-corrected chi connectivity index (χ4v) is 0.151. The number of rotatable bonds is 2. The zero-order valence-electron chi connectivity index (χ0n) is 4.84. The van der Waals surface area contributed by atoms with Crippen molar-refractivity contribution in [2.24, 2.45) is 5.41 Å². The van der Waals surface area contributed by atoms with Crippen molar-refractivity contribution in [3.05, 3.63) is 0 Å². The first-order chi connectivity index (χ1) is 3.50. The molecule has 0 aromatic heterocycles. The summed E-state index contributed by atoms with van der Waals surface area (Å²) in [6, 6.07) is 0. The van der Waals surface area contributed by atoms with Crippen molar-refractivity contribution >= 4 is 23.6 Å². The van der Waals surface area contributed by atoms with Gasteiger partial charge in [-0.2, -0.15) is 0 Å². The summed E-state index contributed by atoms with van der Waals surface area (Å²) in [6.45, 7) is 3.12. The van der Waals surface area contributed by atoms with Gasteiger partial charge in [0, 0.05) is 0 Å². The Morgan fingerprint density at radius 1 is 1.75 bits per heavy atom. The largest absolute Gasteiger partial charge is 0.481 e. The molecule has 8 heavy (non-hydrogen) atoms. The summed E-state index contributed by atoms with van der Waals surface area (Å²) in [6.07, 6.45) is 0. The molecule has 1 N–H and O–H groups in total. The second-order valence-electron chi connectivity index (χ2n) is 2.14. The molecule has 3 heteroatoms. The molecule has 0 amide bonds. The van der Waals surface area contributed by atoms with Crippen LogP contribution in [-0.2, 0) is 4.79 Å². The Hall–Kier alpha value is -0.440. The predicted octanol–water partition coefficient (Wildman–Crippen LogP) is 1.10. The molecule has 46 valence electrons. The Balaban J connectivity index is 4.12. The van der Waals surface area contributed by atoms with Crippen LogP contribution in [0.25, 0.3) is 0 Å². The van der Waals surface area contributed by atoms with E-state index in [-0.39, 0.29) is 0 Å². The van der Waals surface area contributed by atoms with Crippen LogP contribution in [0.3, 0.4) is 0 Å². The third-order valence-corrected chi connectivity index (χ3v) is 1.44. The maximum Gasteiger partial charge on any atom is 0.313 e. The first-order valence-corrected chi connectivity index (χ1v) is 2.67. The number of carboxylic acids is 1. The molecule has 0 fully saturated rings. The topological polar surface area (TPSA) is 37.3 Å². The van der Waals surface area contributed by atoms with Crippen LogP contribution in [0.4, 0.5) is 0 Å². The van der Waals surface area contributed by atoms with Crippen LogP contribution in [-0.4, -0.2) is 16.4 Å². The van der Waals surface area contributed by atoms with Crippen LogP contribution in [0, 0.1) is 5.41 Å². The van der Waals surface area contributed by atoms with E-state index in [1.807, 2.05) is 0 Å². The van der Waals surface area contributed by atoms with Crippen molar-refractivity contribution in [3.8, 4) is 0 Å². The molecule has 0 aromatic rings. The molecule has 0 saturated heterocycles. The Morgan fingerprint density at radius 2 is 2.12 bits per heavy atom. The van der Waals surface area contributed by atoms with Gasteiger partial charge in [-0.05, 0) is 19.2 Å². The van der Waals surface area contributed by atoms with E-state index in [9.17, 15) is 4.79 Å². The van der Waals surface area contributed by atoms with Gasteiger partial charge in [0.15, 0.2) is 0 Å². The highest BCUT2D eigenvalue weighted by atomic mass is 32.1. The first kappa shape index (κ1) is 7.56. The van der Waals surface area contributed by atoms with Crippen molar-refractivity contribution < 1.29 is 9.90 Å². The van der Waals surface area contributed by atoms with E-state index in [1.54, 1.807) is 13.8 Å². The van der Waals surface area contributed by atoms with Gasteiger partial charge in [-0.25, -0.2) is 0 Å². The average Bonchev–Trinajstić information content (AvgIpc) is 1.67. The van der Waals surface area contributed by atoms with Crippen LogP contribution < -0.4 is 0 Å². The molecule has 0 bridgehead atoms. The fraction of sp³-hybridized carbons (Fsp3) is 0.600. The lowest BCUT2D eigenvalue weighted by Gasteiger charge is -2.09. The summed E-state index contributed by atoms with van der Waals surface area (Å²) in [7, 11) is 0. The third kappa shape index (κ3) is 1.58. The summed E-state index contributed by atoms with van der Waals surface area (Å²) in [5.74, 6) is -0.882. The lowest BCUT2D eigenvalue weighted by atomic mass is 9.98. The molecule has 0 spiro atoms. The van der Waals surface area contributed by atoms with E-state index in [1.165, 1.54) is 5.37 Å². The summed E-state index contributed by atoms with van der Waals surface area (Å²) >= 11 is 4.46. The molecule has 0 saturated carbocycles. The molecule has 0 heterocycles. The number of hydrogen-bond acceptors (Lipinski definition) is 2. The van der Waals surface area contributed by atoms with Gasteiger partial charge in [0.1, 0.15) is 0 Å². The van der Waals surface area contributed by atoms with Crippen molar-refractivity contribution in [3.63, 3.8) is 0 Å². The van der Waals surface area contributed by atoms with Gasteiger partial charge in [-0.1, -0.05) is 12.2 Å². The van der Waals surface area contributed by atoms with Crippen LogP contribution in [0.15, 0.2) is 0 Å². The number of thiocarbonyl (C=S) groups is 1. The van der Waals surface area contributed by atoms with Crippen LogP contribution in [0.2, 0.25) is 0 Å². The predicted molar refractivity (Wildman–Crippen MR) is 35.1 cm³/mol. The van der Waals surface area contributed by atoms with E-state index in [4.69, 9.17) is 5.11 Å². The van der Waals surface area contributed by atoms with Crippen LogP contribution in [0.1, 0.15) is 13.8 Å². The standard InChI is InChI=1S/C5H8O2S/c1-5(2,3-8)4(6)7/h3H,1-2H3,(H,6,7). The summed E-state index contributed by atoms with van der Waals surface area (Å²) in [5, 5.41) is 9.59. The molecule has 0 atom stereocenters. The smallest absolute Gasteiger partial charge is 0.313 e. The highest BCUT2D eigenvalue weighted by Crippen LogP contribution is 2.10. The zero-order chi connectivity index (χ0) is 6.78. The van der Waals surface area contributed by atoms with E-state index >= 15 is 0 Å². The molecule has 0 aliphatic carbocycles. The minimum absolute atomic E-state index is 0.852. The quantitative estimate of drug-likeness (QED) is 0.571. The Labute approximate surface area is 53.5 Å². The average molecular weight is 132 g/mol. The zero-order valence-corrected chi connectivity index (χ0v) is 5.66. The molecule has 2 nitrogen and oxygen atoms in total. The molecule has 0 aliphatic heterocycles. The Kier molecular flexibility index (Phi) is 2.10. The van der Waals surface area contributed by atoms with Gasteiger partial charge >= 0.3 is 5.97 Å². The normalized spacial score (nSPS) is 10.8. The fourth-order valence-electron chi connectivity index (χ4n) is 0.0504. The molecule has 0 aliphatic rings. The van der Waals surface area contributed by atoms with Crippen LogP contribution >= 0.6 is 12.2 Å². The molecule has 0 radical (unpaired) electrons. The van der Waals surface area contributed by atoms with E-state index in [0.717, 1.165) is 0 Å². The van der Waals surface area contributed by atoms with E-state index < -0.39 is 11.4 Å². The number of carbonyl (C=O) groups is 1. The summed E-state index contributed by atoms with van der Waals surface area (Å²) in [4.78, 5) is 10.2. The van der Waals surface area contributed by atoms with Crippen molar-refractivity contribution in [2.45, 2.75) is 13.8 Å². The number of hydrogen-bond donors (Lipinski definition) is 1. The SMILES string of the molecule is CC(C)(C=S)C(=O)O. The monoisotopic (exact) mass is 132 g/mol. The highest BCUT2D eigenvalue weighted by molar-refractivity contribution is 7.79. The summed E-state index contributed by atoms with van der Waals surface area (Å²) in [5.41, 5.74) is -0.852. The van der Waals surface area contributed by atoms with Gasteiger partial charge in [-0.3, -0.25) is 4.79 Å². The molecule has 0 rings (SSSR count). The van der Waals surface area contributed by atoms with Crippen molar-refractivity contribution in [2.75, 3.05) is 0 Å². The van der Waals surface area contributed by atoms with E-state index in [2.05, 4.69) is 12.2 Å². The van der Waals surface area contributed by atoms with E-state index in [0.29, 0.717) is 0 Å². The first-order valence-electron chi connectivity index (χ1n) is 2.20. The second-order valence-corrected chi connectivity index (χ2v) is 2.38. The van der Waals surface area contributed by atoms with Crippen LogP contribution in [0.5, 0.6) is 0 Å². The van der Waals surface area contributed by atoms with Gasteiger partial charge in [0.05, 0.1) is 5.41 Å². The maximum absolute atomic E-state index is 10.2. The van der Waals surface area contributed by atoms with Gasteiger partial charge in [0.2, 0.25) is 0 Å². The number of carboxylic acid groups (broad SMARTS) is 1. The highest BCUT2D eigenvalue weighted by Gasteiger charge is 2.22. The van der Waals surface area contributed by atoms with Gasteiger partial charge < -0.3 is 5.11 Å². The lowest BCUT2D eigenvalue weighted by Crippen LogP contribution is -2.23. The van der Waals surface area contributed by atoms with Gasteiger partial charge in [-0.15, -0.1) is 0 Å². The Bertz CT molecular complexity index is 118. The molecular formula is C5H8O2S. The van der Waals surface area contributed by atoms with Crippen molar-refractivity contribution in [1.82, 2.24) is 0 Å². The molecule has 0 aromatic carbocycles. The Morgan fingerprint density at radius 3 is 2.12 bits per heavy atom. The molecular weight excluding hydrogens is 124 g/mol. The number of aliphatic carboxylic acids is 1. The lowest BCUT2D eigenvalue weighted by molar-refractivity contribution is -0.142. The second kappa shape index (κ2) is 2.22. The third-order valence-electron chi connectivity index (χ3n) is 0.846. The minimum Gasteiger partial charge on any atom is -0.481 e. The summed E-state index contributed by atoms with van der Waals surface area (Å²) < 4.78 is 0. The van der Waals surface area contributed by atoms with Gasteiger partial charge in [0.25, 0.3) is 0 Å². The molecule has 0 unspecified atom stereocenters. The minimum atomic E-state index is -0.882. The maximum atomic E-state index is 10.2.